The van der Waals surface area contributed by atoms with Crippen LogP contribution in [0, 0.1) is 0 Å². The molecule has 0 N–H and O–H groups in total. The van der Waals surface area contributed by atoms with E-state index < -0.39 is 0 Å². The molecule has 19 heavy (non-hydrogen) atoms. The average Bonchev–Trinajstić information content (AvgIpc) is 3.15. The summed E-state index contributed by atoms with van der Waals surface area (Å²) in [6.45, 7) is 0. The van der Waals surface area contributed by atoms with Crippen molar-refractivity contribution in [3.8, 4) is 0 Å². The van der Waals surface area contributed by atoms with Crippen LogP contribution in [0.2, 0.25) is 0 Å². The topological polar surface area (TPSA) is 65.2 Å². The van der Waals surface area contributed by atoms with E-state index in [4.69, 9.17) is 9.26 Å². The van der Waals surface area contributed by atoms with E-state index in [1.54, 1.807) is 0 Å². The Hall–Kier alpha value is -1.23. The second-order valence-corrected chi connectivity index (χ2v) is 5.97. The summed E-state index contributed by atoms with van der Waals surface area (Å²) in [6.07, 6.45) is 7.48. The lowest BCUT2D eigenvalue weighted by atomic mass is 9.87. The molecule has 0 spiro atoms. The highest BCUT2D eigenvalue weighted by molar-refractivity contribution is 5.85. The summed E-state index contributed by atoms with van der Waals surface area (Å²) < 4.78 is 11.2. The number of rotatable bonds is 2. The SMILES string of the molecule is O=C1CCCCC1c1nc(C2CC3CCC2O3)no1. The lowest BCUT2D eigenvalue weighted by molar-refractivity contribution is -0.122. The molecule has 0 aromatic carbocycles. The summed E-state index contributed by atoms with van der Waals surface area (Å²) in [6, 6.07) is 0. The van der Waals surface area contributed by atoms with Crippen molar-refractivity contribution in [2.75, 3.05) is 0 Å². The van der Waals surface area contributed by atoms with Crippen LogP contribution in [-0.2, 0) is 9.53 Å². The number of hydrogen-bond donors (Lipinski definition) is 0. The predicted molar refractivity (Wildman–Crippen MR) is 65.8 cm³/mol. The first kappa shape index (κ1) is 11.6. The Kier molecular flexibility index (Phi) is 2.69. The van der Waals surface area contributed by atoms with Crippen LogP contribution in [0.25, 0.3) is 0 Å². The first-order valence-corrected chi connectivity index (χ1v) is 7.33. The van der Waals surface area contributed by atoms with Gasteiger partial charge >= 0.3 is 0 Å². The minimum absolute atomic E-state index is 0.158. The number of fused-ring (bicyclic) bond motifs is 2. The van der Waals surface area contributed by atoms with Crippen LogP contribution in [0.3, 0.4) is 0 Å². The molecular weight excluding hydrogens is 244 g/mol. The quantitative estimate of drug-likeness (QED) is 0.818. The maximum absolute atomic E-state index is 11.9. The zero-order chi connectivity index (χ0) is 12.8. The van der Waals surface area contributed by atoms with Gasteiger partial charge in [-0.25, -0.2) is 0 Å². The number of carbonyl (C=O) groups excluding carboxylic acids is 1. The molecule has 1 aromatic heterocycles. The molecule has 102 valence electrons. The molecule has 3 fully saturated rings. The molecular formula is C14H18N2O3. The van der Waals surface area contributed by atoms with Gasteiger partial charge in [-0.05, 0) is 32.1 Å². The third-order valence-electron chi connectivity index (χ3n) is 4.75. The van der Waals surface area contributed by atoms with E-state index in [-0.39, 0.29) is 23.7 Å². The van der Waals surface area contributed by atoms with Crippen LogP contribution >= 0.6 is 0 Å². The Bertz CT molecular complexity index is 499. The average molecular weight is 262 g/mol. The predicted octanol–water partition coefficient (Wildman–Crippen LogP) is 2.33. The van der Waals surface area contributed by atoms with Gasteiger partial charge in [0.05, 0.1) is 24.0 Å². The largest absolute Gasteiger partial charge is 0.374 e. The number of hydrogen-bond acceptors (Lipinski definition) is 5. The van der Waals surface area contributed by atoms with Crippen molar-refractivity contribution in [3.63, 3.8) is 0 Å². The van der Waals surface area contributed by atoms with Crippen molar-refractivity contribution in [1.29, 1.82) is 0 Å². The summed E-state index contributed by atoms with van der Waals surface area (Å²) in [4.78, 5) is 16.4. The van der Waals surface area contributed by atoms with Crippen LogP contribution in [0.5, 0.6) is 0 Å². The van der Waals surface area contributed by atoms with Crippen LogP contribution in [0.1, 0.15) is 68.5 Å². The molecule has 1 aromatic rings. The van der Waals surface area contributed by atoms with Crippen molar-refractivity contribution in [2.24, 2.45) is 0 Å². The number of carbonyl (C=O) groups is 1. The Morgan fingerprint density at radius 1 is 1.16 bits per heavy atom. The molecule has 0 amide bonds. The van der Waals surface area contributed by atoms with Gasteiger partial charge in [-0.15, -0.1) is 0 Å². The molecule has 1 saturated carbocycles. The second kappa shape index (κ2) is 4.40. The molecule has 5 heteroatoms. The molecule has 4 atom stereocenters. The molecule has 0 radical (unpaired) electrons. The fourth-order valence-corrected chi connectivity index (χ4v) is 3.69. The maximum Gasteiger partial charge on any atom is 0.237 e. The van der Waals surface area contributed by atoms with Gasteiger partial charge in [-0.3, -0.25) is 4.79 Å². The standard InChI is InChI=1S/C14H18N2O3/c17-11-4-2-1-3-9(11)14-15-13(16-19-14)10-7-8-5-6-12(10)18-8/h8-10,12H,1-7H2. The van der Waals surface area contributed by atoms with Crippen LogP contribution in [-0.4, -0.2) is 28.1 Å². The minimum atomic E-state index is -0.158. The lowest BCUT2D eigenvalue weighted by Crippen LogP contribution is -2.18. The summed E-state index contributed by atoms with van der Waals surface area (Å²) in [5, 5.41) is 4.11. The number of aromatic nitrogens is 2. The van der Waals surface area contributed by atoms with Gasteiger partial charge in [-0.2, -0.15) is 4.98 Å². The van der Waals surface area contributed by atoms with Gasteiger partial charge in [0.25, 0.3) is 0 Å². The van der Waals surface area contributed by atoms with Gasteiger partial charge in [0.15, 0.2) is 5.82 Å². The summed E-state index contributed by atoms with van der Waals surface area (Å²) in [5.41, 5.74) is 0. The van der Waals surface area contributed by atoms with E-state index in [0.717, 1.165) is 44.3 Å². The summed E-state index contributed by atoms with van der Waals surface area (Å²) in [7, 11) is 0. The fraction of sp³-hybridized carbons (Fsp3) is 0.786. The van der Waals surface area contributed by atoms with E-state index in [0.29, 0.717) is 18.4 Å². The first-order chi connectivity index (χ1) is 9.31. The third kappa shape index (κ3) is 1.91. The number of ether oxygens (including phenoxy) is 1. The normalized spacial score (nSPS) is 38.0. The zero-order valence-corrected chi connectivity index (χ0v) is 10.9. The first-order valence-electron chi connectivity index (χ1n) is 7.33. The van der Waals surface area contributed by atoms with Crippen molar-refractivity contribution in [1.82, 2.24) is 10.1 Å². The van der Waals surface area contributed by atoms with Gasteiger partial charge in [0.2, 0.25) is 5.89 Å². The van der Waals surface area contributed by atoms with Crippen molar-refractivity contribution < 1.29 is 14.1 Å². The van der Waals surface area contributed by atoms with Crippen LogP contribution < -0.4 is 0 Å². The molecule has 4 unspecified atom stereocenters. The Morgan fingerprint density at radius 3 is 2.84 bits per heavy atom. The lowest BCUT2D eigenvalue weighted by Gasteiger charge is -2.16. The molecule has 5 nitrogen and oxygen atoms in total. The highest BCUT2D eigenvalue weighted by Gasteiger charge is 2.44. The fourth-order valence-electron chi connectivity index (χ4n) is 3.69. The molecule has 1 aliphatic carbocycles. The van der Waals surface area contributed by atoms with Gasteiger partial charge < -0.3 is 9.26 Å². The third-order valence-corrected chi connectivity index (χ3v) is 4.75. The van der Waals surface area contributed by atoms with Gasteiger partial charge in [-0.1, -0.05) is 11.6 Å². The number of ketones is 1. The number of Topliss-reactive ketones (excluding diaryl/α,β-unsaturated/α-hetero) is 1. The van der Waals surface area contributed by atoms with Crippen LogP contribution in [0.4, 0.5) is 0 Å². The maximum atomic E-state index is 11.9. The Labute approximate surface area is 111 Å². The molecule has 2 aliphatic heterocycles. The minimum Gasteiger partial charge on any atom is -0.374 e. The van der Waals surface area contributed by atoms with E-state index in [1.165, 1.54) is 0 Å². The molecule has 4 rings (SSSR count). The highest BCUT2D eigenvalue weighted by atomic mass is 16.5. The highest BCUT2D eigenvalue weighted by Crippen LogP contribution is 2.43. The molecule has 3 heterocycles. The molecule has 2 saturated heterocycles. The Morgan fingerprint density at radius 2 is 2.11 bits per heavy atom. The van der Waals surface area contributed by atoms with Crippen molar-refractivity contribution in [3.05, 3.63) is 11.7 Å². The number of nitrogens with zero attached hydrogens (tertiary/aromatic N) is 2. The smallest absolute Gasteiger partial charge is 0.237 e. The van der Waals surface area contributed by atoms with E-state index in [1.807, 2.05) is 0 Å². The van der Waals surface area contributed by atoms with E-state index >= 15 is 0 Å². The van der Waals surface area contributed by atoms with Gasteiger partial charge in [0.1, 0.15) is 5.78 Å². The summed E-state index contributed by atoms with van der Waals surface area (Å²) in [5.74, 6) is 1.65. The van der Waals surface area contributed by atoms with E-state index in [9.17, 15) is 4.79 Å². The van der Waals surface area contributed by atoms with E-state index in [2.05, 4.69) is 10.1 Å². The monoisotopic (exact) mass is 262 g/mol. The summed E-state index contributed by atoms with van der Waals surface area (Å²) >= 11 is 0. The molecule has 2 bridgehead atoms. The van der Waals surface area contributed by atoms with Crippen LogP contribution in [0.15, 0.2) is 4.52 Å². The van der Waals surface area contributed by atoms with Crippen molar-refractivity contribution >= 4 is 5.78 Å². The molecule has 3 aliphatic rings. The van der Waals surface area contributed by atoms with Crippen molar-refractivity contribution in [2.45, 2.75) is 69.0 Å². The Balaban J connectivity index is 1.54. The zero-order valence-electron chi connectivity index (χ0n) is 10.9. The second-order valence-electron chi connectivity index (χ2n) is 5.97. The van der Waals surface area contributed by atoms with Gasteiger partial charge in [0, 0.05) is 6.42 Å².